The second-order valence-electron chi connectivity index (χ2n) is 8.54. The molecule has 1 aromatic carbocycles. The number of aliphatic hydroxyl groups is 1. The van der Waals surface area contributed by atoms with Gasteiger partial charge in [0.15, 0.2) is 0 Å². The van der Waals surface area contributed by atoms with Crippen LogP contribution in [-0.2, 0) is 30.4 Å². The molecule has 0 aliphatic carbocycles. The van der Waals surface area contributed by atoms with E-state index in [9.17, 15) is 39.3 Å². The number of aliphatic hydroxyl groups excluding tert-OH is 1. The summed E-state index contributed by atoms with van der Waals surface area (Å²) in [4.78, 5) is 60.9. The van der Waals surface area contributed by atoms with Crippen LogP contribution in [0.2, 0.25) is 0 Å². The number of hydrogen-bond donors (Lipinski definition) is 9. The number of carboxylic acids is 2. The normalized spacial score (nSPS) is 14.9. The summed E-state index contributed by atoms with van der Waals surface area (Å²) in [5.41, 5.74) is 11.6. The molecule has 1 aromatic rings. The first-order valence-electron chi connectivity index (χ1n) is 11.6. The number of nitrogens with two attached hydrogens (primary N) is 2. The second-order valence-corrected chi connectivity index (χ2v) is 8.54. The van der Waals surface area contributed by atoms with Crippen molar-refractivity contribution in [3.05, 3.63) is 29.8 Å². The Hall–Kier alpha value is -3.75. The average Bonchev–Trinajstić information content (AvgIpc) is 2.82. The fourth-order valence-electron chi connectivity index (χ4n) is 3.24. The van der Waals surface area contributed by atoms with E-state index in [-0.39, 0.29) is 18.6 Å². The summed E-state index contributed by atoms with van der Waals surface area (Å²) < 4.78 is 0. The maximum atomic E-state index is 13.1. The Balaban J connectivity index is 3.17. The molecular weight excluding hydrogens is 490 g/mol. The van der Waals surface area contributed by atoms with Crippen molar-refractivity contribution in [2.24, 2.45) is 11.5 Å². The predicted octanol–water partition coefficient (Wildman–Crippen LogP) is -2.21. The van der Waals surface area contributed by atoms with E-state index in [1.54, 1.807) is 0 Å². The third-order valence-corrected chi connectivity index (χ3v) is 5.40. The van der Waals surface area contributed by atoms with Gasteiger partial charge in [-0.05, 0) is 50.4 Å². The van der Waals surface area contributed by atoms with E-state index >= 15 is 0 Å². The minimum atomic E-state index is -1.76. The van der Waals surface area contributed by atoms with Gasteiger partial charge in [-0.3, -0.25) is 19.2 Å². The summed E-state index contributed by atoms with van der Waals surface area (Å²) in [5, 5.41) is 44.3. The number of carbonyl (C=O) groups excluding carboxylic acids is 3. The van der Waals surface area contributed by atoms with Crippen molar-refractivity contribution in [1.82, 2.24) is 16.0 Å². The van der Waals surface area contributed by atoms with E-state index in [0.717, 1.165) is 0 Å². The van der Waals surface area contributed by atoms with Crippen LogP contribution >= 0.6 is 0 Å². The molecule has 0 saturated carbocycles. The summed E-state index contributed by atoms with van der Waals surface area (Å²) in [5.74, 6) is -5.63. The molecule has 0 saturated heterocycles. The molecule has 3 amide bonds. The summed E-state index contributed by atoms with van der Waals surface area (Å²) in [6, 6.07) is 0.0707. The maximum absolute atomic E-state index is 13.1. The first-order valence-corrected chi connectivity index (χ1v) is 11.6. The molecule has 14 nitrogen and oxygen atoms in total. The van der Waals surface area contributed by atoms with Gasteiger partial charge in [-0.15, -0.1) is 0 Å². The number of phenols is 1. The lowest BCUT2D eigenvalue weighted by Crippen LogP contribution is -2.58. The third kappa shape index (κ3) is 11.2. The number of carboxylic acid groups (broad SMARTS) is 2. The van der Waals surface area contributed by atoms with Crippen LogP contribution in [0.5, 0.6) is 5.75 Å². The van der Waals surface area contributed by atoms with Crippen LogP contribution in [0, 0.1) is 0 Å². The fraction of sp³-hybridized carbons (Fsp3) is 0.522. The number of aromatic hydroxyl groups is 1. The first-order chi connectivity index (χ1) is 17.3. The predicted molar refractivity (Wildman–Crippen MR) is 130 cm³/mol. The molecule has 14 heteroatoms. The lowest BCUT2D eigenvalue weighted by atomic mass is 10.0. The molecule has 0 aliphatic rings. The van der Waals surface area contributed by atoms with E-state index in [1.165, 1.54) is 31.2 Å². The number of benzene rings is 1. The second kappa shape index (κ2) is 15.4. The van der Waals surface area contributed by atoms with E-state index in [4.69, 9.17) is 16.6 Å². The Labute approximate surface area is 213 Å². The molecule has 11 N–H and O–H groups in total. The summed E-state index contributed by atoms with van der Waals surface area (Å²) in [7, 11) is 0. The zero-order chi connectivity index (χ0) is 28.1. The number of amides is 3. The number of phenolic OH excluding ortho intramolecular Hbond substituents is 1. The molecule has 1 rings (SSSR count). The SMILES string of the molecule is CC(O)C(N)C(=O)NC(CCCCN)C(=O)NC(Cc1ccc(O)cc1)C(=O)NC(CC(=O)O)C(=O)O. The Bertz CT molecular complexity index is 939. The van der Waals surface area contributed by atoms with Gasteiger partial charge in [0.05, 0.1) is 12.5 Å². The molecule has 0 aliphatic heterocycles. The maximum Gasteiger partial charge on any atom is 0.326 e. The Morgan fingerprint density at radius 3 is 1.92 bits per heavy atom. The Morgan fingerprint density at radius 2 is 1.41 bits per heavy atom. The van der Waals surface area contributed by atoms with Crippen LogP contribution in [0.1, 0.15) is 38.2 Å². The molecule has 0 heterocycles. The van der Waals surface area contributed by atoms with Crippen LogP contribution in [-0.4, -0.2) is 86.9 Å². The lowest BCUT2D eigenvalue weighted by molar-refractivity contribution is -0.147. The van der Waals surface area contributed by atoms with Crippen LogP contribution in [0.4, 0.5) is 0 Å². The van der Waals surface area contributed by atoms with Crippen molar-refractivity contribution in [1.29, 1.82) is 0 Å². The summed E-state index contributed by atoms with van der Waals surface area (Å²) >= 11 is 0. The van der Waals surface area contributed by atoms with Crippen molar-refractivity contribution < 1.29 is 44.4 Å². The molecule has 0 fully saturated rings. The fourth-order valence-corrected chi connectivity index (χ4v) is 3.24. The van der Waals surface area contributed by atoms with E-state index in [2.05, 4.69) is 16.0 Å². The van der Waals surface area contributed by atoms with Crippen LogP contribution in [0.25, 0.3) is 0 Å². The van der Waals surface area contributed by atoms with E-state index in [0.29, 0.717) is 24.9 Å². The number of nitrogens with one attached hydrogen (secondary N) is 3. The molecule has 0 radical (unpaired) electrons. The van der Waals surface area contributed by atoms with E-state index in [1.807, 2.05) is 0 Å². The smallest absolute Gasteiger partial charge is 0.326 e. The monoisotopic (exact) mass is 525 g/mol. The van der Waals surface area contributed by atoms with Crippen LogP contribution in [0.3, 0.4) is 0 Å². The summed E-state index contributed by atoms with van der Waals surface area (Å²) in [6.07, 6.45) is -1.12. The van der Waals surface area contributed by atoms with Crippen molar-refractivity contribution in [3.8, 4) is 5.75 Å². The van der Waals surface area contributed by atoms with Crippen molar-refractivity contribution in [3.63, 3.8) is 0 Å². The molecule has 5 atom stereocenters. The minimum absolute atomic E-state index is 0.0432. The van der Waals surface area contributed by atoms with Gasteiger partial charge < -0.3 is 47.8 Å². The van der Waals surface area contributed by atoms with Crippen molar-refractivity contribution in [2.45, 2.75) is 69.3 Å². The third-order valence-electron chi connectivity index (χ3n) is 5.40. The van der Waals surface area contributed by atoms with Crippen LogP contribution in [0.15, 0.2) is 24.3 Å². The molecule has 0 spiro atoms. The molecule has 37 heavy (non-hydrogen) atoms. The van der Waals surface area contributed by atoms with Gasteiger partial charge in [-0.1, -0.05) is 12.1 Å². The minimum Gasteiger partial charge on any atom is -0.508 e. The Kier molecular flexibility index (Phi) is 13.0. The van der Waals surface area contributed by atoms with Crippen LogP contribution < -0.4 is 27.4 Å². The molecule has 5 unspecified atom stereocenters. The van der Waals surface area contributed by atoms with Gasteiger partial charge >= 0.3 is 11.9 Å². The zero-order valence-corrected chi connectivity index (χ0v) is 20.4. The van der Waals surface area contributed by atoms with Crippen molar-refractivity contribution in [2.75, 3.05) is 6.54 Å². The standard InChI is InChI=1S/C23H35N5O9/c1-12(29)19(25)22(35)26-15(4-2-3-9-24)20(33)27-16(10-13-5-7-14(30)8-6-13)21(34)28-17(23(36)37)11-18(31)32/h5-8,12,15-17,19,29-30H,2-4,9-11,24-25H2,1H3,(H,26,35)(H,27,33)(H,28,34)(H,31,32)(H,36,37). The van der Waals surface area contributed by atoms with E-state index < -0.39 is 66.4 Å². The zero-order valence-electron chi connectivity index (χ0n) is 20.4. The van der Waals surface area contributed by atoms with Gasteiger partial charge in [-0.2, -0.15) is 0 Å². The molecule has 206 valence electrons. The largest absolute Gasteiger partial charge is 0.508 e. The lowest BCUT2D eigenvalue weighted by Gasteiger charge is -2.25. The highest BCUT2D eigenvalue weighted by Crippen LogP contribution is 2.12. The van der Waals surface area contributed by atoms with Crippen molar-refractivity contribution >= 4 is 29.7 Å². The molecule has 0 bridgehead atoms. The number of hydrogen-bond acceptors (Lipinski definition) is 9. The summed E-state index contributed by atoms with van der Waals surface area (Å²) in [6.45, 7) is 1.64. The van der Waals surface area contributed by atoms with Gasteiger partial charge in [-0.25, -0.2) is 4.79 Å². The number of carbonyl (C=O) groups is 5. The number of aliphatic carboxylic acids is 2. The highest BCUT2D eigenvalue weighted by atomic mass is 16.4. The molecule has 0 aromatic heterocycles. The Morgan fingerprint density at radius 1 is 0.865 bits per heavy atom. The van der Waals surface area contributed by atoms with Gasteiger partial charge in [0, 0.05) is 6.42 Å². The molecular formula is C23H35N5O9. The highest BCUT2D eigenvalue weighted by Gasteiger charge is 2.31. The number of rotatable bonds is 16. The number of unbranched alkanes of at least 4 members (excludes halogenated alkanes) is 1. The topological polar surface area (TPSA) is 254 Å². The first kappa shape index (κ1) is 31.3. The quantitative estimate of drug-likeness (QED) is 0.104. The van der Waals surface area contributed by atoms with Gasteiger partial charge in [0.1, 0.15) is 29.9 Å². The van der Waals surface area contributed by atoms with Gasteiger partial charge in [0.25, 0.3) is 0 Å². The highest BCUT2D eigenvalue weighted by molar-refractivity contribution is 5.94. The average molecular weight is 526 g/mol. The van der Waals surface area contributed by atoms with Gasteiger partial charge in [0.2, 0.25) is 17.7 Å².